The molecular weight excluding hydrogens is 706 g/mol. The smallest absolute Gasteiger partial charge is 0.309 e. The fourth-order valence-corrected chi connectivity index (χ4v) is 6.31. The second-order valence-electron chi connectivity index (χ2n) is 12.9. The Morgan fingerprint density at radius 1 is 0.778 bits per heavy atom. The first-order valence-corrected chi connectivity index (χ1v) is 16.9. The Bertz CT molecular complexity index is 1990. The lowest BCUT2D eigenvalue weighted by Gasteiger charge is -2.39. The molecule has 0 unspecified atom stereocenters. The molecule has 0 aliphatic rings. The van der Waals surface area contributed by atoms with E-state index in [9.17, 15) is 36.7 Å². The summed E-state index contributed by atoms with van der Waals surface area (Å²) in [6, 6.07) is 25.5. The van der Waals surface area contributed by atoms with Gasteiger partial charge in [0.25, 0.3) is 0 Å². The fraction of sp³-hybridized carbons (Fsp3) is 0.225. The van der Waals surface area contributed by atoms with Crippen molar-refractivity contribution in [2.24, 2.45) is 11.7 Å². The molecule has 1 aromatic heterocycles. The number of halogens is 4. The number of nitrogens with one attached hydrogen (secondary N) is 2. The minimum atomic E-state index is -1.86. The van der Waals surface area contributed by atoms with Gasteiger partial charge in [0.1, 0.15) is 18.2 Å². The minimum Gasteiger partial charge on any atom is -0.479 e. The van der Waals surface area contributed by atoms with Crippen LogP contribution in [0.15, 0.2) is 110 Å². The van der Waals surface area contributed by atoms with Gasteiger partial charge in [0.2, 0.25) is 17.5 Å². The summed E-state index contributed by atoms with van der Waals surface area (Å²) in [6.07, 6.45) is 2.77. The maximum absolute atomic E-state index is 14.5. The van der Waals surface area contributed by atoms with E-state index in [1.54, 1.807) is 20.2 Å². The Kier molecular flexibility index (Phi) is 12.3. The number of ketones is 1. The SMILES string of the molecule is CC(C)C[C@H](NC(=O)C(N)=O)C(=O)N[C@@H](Cc1cncn1C(c1ccccc1)(c1ccccc1)c1ccccc1)C(=O)COc1c(F)c(F)cc(F)c1F. The van der Waals surface area contributed by atoms with Gasteiger partial charge in [-0.2, -0.15) is 8.78 Å². The number of hydrogen-bond acceptors (Lipinski definition) is 6. The van der Waals surface area contributed by atoms with E-state index in [0.717, 1.165) is 16.7 Å². The zero-order chi connectivity index (χ0) is 39.0. The molecule has 280 valence electrons. The number of imidazole rings is 1. The number of carbonyl (C=O) groups is 4. The van der Waals surface area contributed by atoms with Crippen molar-refractivity contribution in [1.29, 1.82) is 0 Å². The van der Waals surface area contributed by atoms with Gasteiger partial charge in [0.15, 0.2) is 23.2 Å². The van der Waals surface area contributed by atoms with Crippen LogP contribution in [0.25, 0.3) is 0 Å². The number of benzene rings is 4. The average Bonchev–Trinajstić information content (AvgIpc) is 3.63. The molecule has 10 nitrogen and oxygen atoms in total. The Hall–Kier alpha value is -6.31. The summed E-state index contributed by atoms with van der Waals surface area (Å²) < 4.78 is 63.8. The first kappa shape index (κ1) is 38.9. The third kappa shape index (κ3) is 8.33. The van der Waals surface area contributed by atoms with Crippen LogP contribution in [0.4, 0.5) is 17.6 Å². The van der Waals surface area contributed by atoms with Crippen molar-refractivity contribution in [3.8, 4) is 5.75 Å². The molecule has 0 aliphatic heterocycles. The lowest BCUT2D eigenvalue weighted by atomic mass is 9.76. The van der Waals surface area contributed by atoms with E-state index in [4.69, 9.17) is 10.5 Å². The lowest BCUT2D eigenvalue weighted by Crippen LogP contribution is -2.55. The predicted octanol–water partition coefficient (Wildman–Crippen LogP) is 4.97. The van der Waals surface area contributed by atoms with Gasteiger partial charge in [0.05, 0.1) is 12.4 Å². The molecule has 2 atom stereocenters. The molecule has 0 fully saturated rings. The second kappa shape index (κ2) is 17.0. The van der Waals surface area contributed by atoms with Crippen molar-refractivity contribution < 1.29 is 41.5 Å². The van der Waals surface area contributed by atoms with Crippen molar-refractivity contribution in [3.05, 3.63) is 155 Å². The normalized spacial score (nSPS) is 12.5. The molecule has 3 amide bonds. The van der Waals surface area contributed by atoms with E-state index in [1.807, 2.05) is 95.6 Å². The molecule has 0 aliphatic carbocycles. The number of aromatic nitrogens is 2. The first-order chi connectivity index (χ1) is 25.8. The standard InChI is InChI=1S/C40H37F4N5O5/c1-24(2)18-32(48-39(53)37(45)51)38(52)47-31(33(50)22-54-36-34(43)29(41)20-30(42)35(36)44)19-28-21-46-23-49(28)40(25-12-6-3-7-13-25,26-14-8-4-9-15-26)27-16-10-5-11-17-27/h3-17,20-21,23-24,31-32H,18-19,22H2,1-2H3,(H2,45,51)(H,47,52)(H,48,53)/t31-,32-/m0/s1. The van der Waals surface area contributed by atoms with Crippen molar-refractivity contribution in [3.63, 3.8) is 0 Å². The number of ether oxygens (including phenoxy) is 1. The molecule has 54 heavy (non-hydrogen) atoms. The Balaban J connectivity index is 1.61. The Morgan fingerprint density at radius 3 is 1.74 bits per heavy atom. The zero-order valence-electron chi connectivity index (χ0n) is 29.3. The van der Waals surface area contributed by atoms with Gasteiger partial charge in [-0.15, -0.1) is 0 Å². The Morgan fingerprint density at radius 2 is 1.28 bits per heavy atom. The molecule has 14 heteroatoms. The Labute approximate surface area is 308 Å². The van der Waals surface area contributed by atoms with Crippen LogP contribution in [-0.4, -0.2) is 51.7 Å². The summed E-state index contributed by atoms with van der Waals surface area (Å²) in [6.45, 7) is 2.37. The number of carbonyl (C=O) groups excluding carboxylic acids is 4. The van der Waals surface area contributed by atoms with E-state index in [-0.39, 0.29) is 24.8 Å². The van der Waals surface area contributed by atoms with Crippen LogP contribution in [0.3, 0.4) is 0 Å². The van der Waals surface area contributed by atoms with Gasteiger partial charge in [-0.1, -0.05) is 105 Å². The molecule has 5 rings (SSSR count). The van der Waals surface area contributed by atoms with Crippen LogP contribution in [0.5, 0.6) is 5.75 Å². The van der Waals surface area contributed by atoms with Crippen molar-refractivity contribution in [2.75, 3.05) is 6.61 Å². The third-order valence-corrected chi connectivity index (χ3v) is 8.75. The second-order valence-corrected chi connectivity index (χ2v) is 12.9. The largest absolute Gasteiger partial charge is 0.479 e. The fourth-order valence-electron chi connectivity index (χ4n) is 6.31. The lowest BCUT2D eigenvalue weighted by molar-refractivity contribution is -0.139. The van der Waals surface area contributed by atoms with E-state index in [2.05, 4.69) is 15.6 Å². The summed E-state index contributed by atoms with van der Waals surface area (Å²) in [4.78, 5) is 56.0. The van der Waals surface area contributed by atoms with Crippen LogP contribution >= 0.6 is 0 Å². The van der Waals surface area contributed by atoms with E-state index in [1.165, 1.54) is 6.20 Å². The maximum Gasteiger partial charge on any atom is 0.309 e. The number of Topliss-reactive ketones (excluding diaryl/α,β-unsaturated/α-hetero) is 1. The molecule has 0 saturated carbocycles. The van der Waals surface area contributed by atoms with Crippen LogP contribution in [0.2, 0.25) is 0 Å². The molecule has 4 aromatic carbocycles. The van der Waals surface area contributed by atoms with Gasteiger partial charge < -0.3 is 25.7 Å². The van der Waals surface area contributed by atoms with Crippen LogP contribution in [0, 0.1) is 29.2 Å². The van der Waals surface area contributed by atoms with Gasteiger partial charge in [-0.25, -0.2) is 13.8 Å². The zero-order valence-corrected chi connectivity index (χ0v) is 29.3. The highest BCUT2D eigenvalue weighted by atomic mass is 19.2. The van der Waals surface area contributed by atoms with Crippen molar-refractivity contribution in [2.45, 2.75) is 44.3 Å². The highest BCUT2D eigenvalue weighted by Gasteiger charge is 2.40. The highest BCUT2D eigenvalue weighted by molar-refractivity contribution is 6.34. The number of rotatable bonds is 15. The molecule has 0 radical (unpaired) electrons. The predicted molar refractivity (Wildman–Crippen MR) is 190 cm³/mol. The maximum atomic E-state index is 14.5. The van der Waals surface area contributed by atoms with Crippen LogP contribution in [0.1, 0.15) is 42.7 Å². The number of hydrogen-bond donors (Lipinski definition) is 3. The highest BCUT2D eigenvalue weighted by Crippen LogP contribution is 2.41. The molecule has 0 saturated heterocycles. The summed E-state index contributed by atoms with van der Waals surface area (Å²) in [7, 11) is 0. The van der Waals surface area contributed by atoms with Gasteiger partial charge in [0, 0.05) is 24.4 Å². The van der Waals surface area contributed by atoms with E-state index < -0.39 is 76.8 Å². The third-order valence-electron chi connectivity index (χ3n) is 8.75. The summed E-state index contributed by atoms with van der Waals surface area (Å²) in [5, 5.41) is 4.85. The minimum absolute atomic E-state index is 0.00274. The molecule has 5 aromatic rings. The number of nitrogens with two attached hydrogens (primary N) is 1. The molecule has 0 bridgehead atoms. The first-order valence-electron chi connectivity index (χ1n) is 16.9. The molecule has 4 N–H and O–H groups in total. The van der Waals surface area contributed by atoms with Crippen LogP contribution < -0.4 is 21.1 Å². The number of amides is 3. The van der Waals surface area contributed by atoms with Gasteiger partial charge >= 0.3 is 11.8 Å². The average molecular weight is 744 g/mol. The van der Waals surface area contributed by atoms with Crippen molar-refractivity contribution >= 4 is 23.5 Å². The summed E-state index contributed by atoms with van der Waals surface area (Å²) >= 11 is 0. The quantitative estimate of drug-likeness (QED) is 0.0598. The monoisotopic (exact) mass is 743 g/mol. The topological polar surface area (TPSA) is 145 Å². The summed E-state index contributed by atoms with van der Waals surface area (Å²) in [5.41, 5.74) is 6.83. The van der Waals surface area contributed by atoms with E-state index in [0.29, 0.717) is 5.69 Å². The van der Waals surface area contributed by atoms with Crippen molar-refractivity contribution in [1.82, 2.24) is 20.2 Å². The van der Waals surface area contributed by atoms with E-state index >= 15 is 0 Å². The van der Waals surface area contributed by atoms with Gasteiger partial charge in [-0.3, -0.25) is 19.2 Å². The van der Waals surface area contributed by atoms with Crippen LogP contribution in [-0.2, 0) is 31.1 Å². The number of nitrogens with zero attached hydrogens (tertiary/aromatic N) is 2. The van der Waals surface area contributed by atoms with Gasteiger partial charge in [-0.05, 0) is 29.0 Å². The molecule has 1 heterocycles. The molecule has 0 spiro atoms. The molecular formula is C40H37F4N5O5. The number of primary amides is 1. The summed E-state index contributed by atoms with van der Waals surface area (Å²) in [5.74, 6) is -13.3.